The number of amides is 2. The Morgan fingerprint density at radius 1 is 0.833 bits per heavy atom. The fourth-order valence-electron chi connectivity index (χ4n) is 7.92. The van der Waals surface area contributed by atoms with Crippen molar-refractivity contribution in [3.05, 3.63) is 156 Å². The largest absolute Gasteiger partial charge is 0.508 e. The van der Waals surface area contributed by atoms with Gasteiger partial charge in [-0.25, -0.2) is 9.98 Å². The zero-order valence-electron chi connectivity index (χ0n) is 34.9. The first kappa shape index (κ1) is 47.0. The Morgan fingerprint density at radius 2 is 1.55 bits per heavy atom. The van der Waals surface area contributed by atoms with Gasteiger partial charge in [0.15, 0.2) is 5.95 Å². The van der Waals surface area contributed by atoms with E-state index in [1.165, 1.54) is 6.07 Å². The molecule has 1 aliphatic carbocycles. The summed E-state index contributed by atoms with van der Waals surface area (Å²) in [5.41, 5.74) is 19.6. The van der Waals surface area contributed by atoms with Gasteiger partial charge in [0.25, 0.3) is 11.8 Å². The number of carbonyl (C=O) groups is 2. The molecular formula is C47H44Br3N11O5. The first-order chi connectivity index (χ1) is 31.7. The zero-order valence-corrected chi connectivity index (χ0v) is 39.7. The average Bonchev–Trinajstić information content (AvgIpc) is 4.15. The standard InChI is InChI=1S/C23H24Br3N9O2.C14H12O3.C10H8N2/c24-10-2-15(29-6-10)21(36)30-5-9-1-14-11(3-18(27)33-14)19(17-8-32-23(28)35-17)12(9)7-31-22(37)16-4-13(25)20(26)34-16;15-12-5-3-10(4-6-12)1-2-11-7-13(16)9-14(17)8-11;11-6-5-8-7-12-10-4-2-1-3-9(8)10/h2,4,6,8-9,12,19,29,34H,1,3,5,7H2,(H2,27,33)(H,30,36)(H,31,37)(H3,28,32,35);1-9,15-17H;1-4,7,12H,5H2/b;2-1+;/t9-,12-,19-;;/m1../s1. The molecule has 0 saturated carbocycles. The molecule has 0 bridgehead atoms. The first-order valence-electron chi connectivity index (χ1n) is 20.5. The van der Waals surface area contributed by atoms with Crippen LogP contribution in [0.4, 0.5) is 5.95 Å². The molecule has 16 nitrogen and oxygen atoms in total. The summed E-state index contributed by atoms with van der Waals surface area (Å²) >= 11 is 10.1. The van der Waals surface area contributed by atoms with Gasteiger partial charge >= 0.3 is 0 Å². The third kappa shape index (κ3) is 11.8. The highest BCUT2D eigenvalue weighted by Gasteiger charge is 2.42. The van der Waals surface area contributed by atoms with Gasteiger partial charge in [-0.05, 0) is 131 Å². The summed E-state index contributed by atoms with van der Waals surface area (Å²) in [7, 11) is 0. The average molecular weight is 1080 g/mol. The van der Waals surface area contributed by atoms with E-state index in [0.29, 0.717) is 65.7 Å². The lowest BCUT2D eigenvalue weighted by atomic mass is 9.69. The molecule has 338 valence electrons. The molecule has 9 rings (SSSR count). The molecular weight excluding hydrogens is 1040 g/mol. The lowest BCUT2D eigenvalue weighted by molar-refractivity contribution is 0.0906. The molecule has 0 saturated heterocycles. The van der Waals surface area contributed by atoms with Gasteiger partial charge in [-0.15, -0.1) is 0 Å². The van der Waals surface area contributed by atoms with Gasteiger partial charge in [0.05, 0.1) is 27.8 Å². The number of nitrogens with one attached hydrogen (secondary N) is 6. The Bertz CT molecular complexity index is 2960. The van der Waals surface area contributed by atoms with Crippen molar-refractivity contribution in [2.24, 2.45) is 22.6 Å². The number of aromatic hydroxyl groups is 3. The van der Waals surface area contributed by atoms with Crippen LogP contribution in [0.15, 0.2) is 127 Å². The van der Waals surface area contributed by atoms with Crippen molar-refractivity contribution in [3.8, 4) is 23.3 Å². The number of allylic oxidation sites excluding steroid dienone is 1. The van der Waals surface area contributed by atoms with Gasteiger partial charge < -0.3 is 57.4 Å². The molecule has 13 N–H and O–H groups in total. The number of fused-ring (bicyclic) bond motifs is 1. The second-order valence-electron chi connectivity index (χ2n) is 15.5. The highest BCUT2D eigenvalue weighted by atomic mass is 79.9. The van der Waals surface area contributed by atoms with Crippen LogP contribution in [0.3, 0.4) is 0 Å². The van der Waals surface area contributed by atoms with Crippen LogP contribution in [0.25, 0.3) is 23.1 Å². The number of hydrogen-bond donors (Lipinski definition) is 11. The second-order valence-corrected chi connectivity index (χ2v) is 18.0. The highest BCUT2D eigenvalue weighted by molar-refractivity contribution is 9.13. The molecule has 7 aromatic rings. The van der Waals surface area contributed by atoms with Crippen molar-refractivity contribution < 1.29 is 24.9 Å². The van der Waals surface area contributed by atoms with Gasteiger partial charge in [0.1, 0.15) is 34.5 Å². The number of phenolic OH excluding ortho intramolecular Hbond substituents is 3. The Hall–Kier alpha value is -7.01. The number of hydrogen-bond acceptors (Lipinski definition) is 10. The highest BCUT2D eigenvalue weighted by Crippen LogP contribution is 2.48. The Morgan fingerprint density at radius 3 is 2.21 bits per heavy atom. The van der Waals surface area contributed by atoms with Gasteiger partial charge in [0.2, 0.25) is 0 Å². The van der Waals surface area contributed by atoms with Crippen LogP contribution in [-0.2, 0) is 6.42 Å². The number of halogens is 3. The number of aromatic amines is 4. The fourth-order valence-corrected chi connectivity index (χ4v) is 8.92. The van der Waals surface area contributed by atoms with Gasteiger partial charge in [0, 0.05) is 70.7 Å². The van der Waals surface area contributed by atoms with Crippen LogP contribution in [0.2, 0.25) is 0 Å². The minimum absolute atomic E-state index is 0.0235. The molecule has 4 aromatic heterocycles. The minimum atomic E-state index is -0.241. The lowest BCUT2D eigenvalue weighted by Gasteiger charge is -2.38. The van der Waals surface area contributed by atoms with Crippen molar-refractivity contribution in [2.45, 2.75) is 25.2 Å². The fraction of sp³-hybridized carbons (Fsp3) is 0.170. The van der Waals surface area contributed by atoms with E-state index in [-0.39, 0.29) is 46.8 Å². The van der Waals surface area contributed by atoms with Crippen molar-refractivity contribution in [3.63, 3.8) is 0 Å². The summed E-state index contributed by atoms with van der Waals surface area (Å²) in [6.45, 7) is 0.726. The summed E-state index contributed by atoms with van der Waals surface area (Å²) in [6, 6.07) is 24.7. The van der Waals surface area contributed by atoms with E-state index in [1.54, 1.807) is 67.0 Å². The number of nitrogens with two attached hydrogens (primary N) is 2. The maximum absolute atomic E-state index is 13.0. The number of para-hydroxylation sites is 1. The molecule has 2 aliphatic rings. The molecule has 5 heterocycles. The third-order valence-corrected chi connectivity index (χ3v) is 13.2. The molecule has 0 fully saturated rings. The molecule has 2 amide bonds. The van der Waals surface area contributed by atoms with Crippen molar-refractivity contribution in [2.75, 3.05) is 18.8 Å². The van der Waals surface area contributed by atoms with E-state index in [1.807, 2.05) is 36.5 Å². The number of H-pyrrole nitrogens is 4. The predicted octanol–water partition coefficient (Wildman–Crippen LogP) is 8.74. The molecule has 0 radical (unpaired) electrons. The number of nitrogen functional groups attached to an aromatic ring is 1. The van der Waals surface area contributed by atoms with E-state index >= 15 is 0 Å². The summed E-state index contributed by atoms with van der Waals surface area (Å²) in [5, 5.41) is 43.5. The maximum atomic E-state index is 13.0. The molecule has 1 aliphatic heterocycles. The number of carbonyl (C=O) groups excluding carboxylic acids is 2. The number of benzene rings is 3. The van der Waals surface area contributed by atoms with Crippen molar-refractivity contribution in [1.82, 2.24) is 35.6 Å². The van der Waals surface area contributed by atoms with E-state index in [0.717, 1.165) is 47.9 Å². The molecule has 0 unspecified atom stereocenters. The lowest BCUT2D eigenvalue weighted by Crippen LogP contribution is -2.43. The van der Waals surface area contributed by atoms with Crippen LogP contribution >= 0.6 is 47.8 Å². The Balaban J connectivity index is 0.000000182. The predicted molar refractivity (Wildman–Crippen MR) is 264 cm³/mol. The number of nitrogens with zero attached hydrogens (tertiary/aromatic N) is 3. The quantitative estimate of drug-likeness (QED) is 0.0583. The number of phenols is 3. The van der Waals surface area contributed by atoms with Crippen LogP contribution in [0.1, 0.15) is 62.1 Å². The van der Waals surface area contributed by atoms with E-state index in [2.05, 4.69) is 94.4 Å². The number of anilines is 1. The SMILES string of the molecule is N#CCc1c[nH]c2ccccc12.NC1=NC2=C(C1)[C@@H](c1cnc(N)[nH]1)[C@H](CNC(=O)c1cc(Br)c(Br)[nH]1)[C@@H](CNC(=O)c1cc(Br)c[nH]1)C2.Oc1ccc(/C=C/c2cc(O)cc(O)c2)cc1. The van der Waals surface area contributed by atoms with Gasteiger partial charge in [-0.2, -0.15) is 5.26 Å². The number of nitriles is 1. The normalized spacial score (nSPS) is 16.4. The topological polar surface area (TPSA) is 283 Å². The third-order valence-electron chi connectivity index (χ3n) is 11.0. The van der Waals surface area contributed by atoms with Crippen molar-refractivity contribution >= 4 is 94.4 Å². The van der Waals surface area contributed by atoms with Crippen molar-refractivity contribution in [1.29, 1.82) is 5.26 Å². The van der Waals surface area contributed by atoms with E-state index < -0.39 is 0 Å². The van der Waals surface area contributed by atoms with E-state index in [4.69, 9.17) is 21.8 Å². The first-order valence-corrected chi connectivity index (χ1v) is 22.8. The summed E-state index contributed by atoms with van der Waals surface area (Å²) < 4.78 is 2.23. The smallest absolute Gasteiger partial charge is 0.267 e. The summed E-state index contributed by atoms with van der Waals surface area (Å²) in [6.07, 6.45) is 10.5. The minimum Gasteiger partial charge on any atom is -0.508 e. The molecule has 3 atom stereocenters. The second kappa shape index (κ2) is 21.3. The molecule has 3 aromatic carbocycles. The Kier molecular flexibility index (Phi) is 15.2. The monoisotopic (exact) mass is 1080 g/mol. The number of rotatable bonds is 10. The molecule has 19 heteroatoms. The molecule has 66 heavy (non-hydrogen) atoms. The Labute approximate surface area is 403 Å². The number of aliphatic imine (C=N–C) groups is 1. The number of aromatic nitrogens is 5. The van der Waals surface area contributed by atoms with Crippen LogP contribution < -0.4 is 22.1 Å². The zero-order chi connectivity index (χ0) is 46.9. The summed E-state index contributed by atoms with van der Waals surface area (Å²) in [5.74, 6) is 0.355. The maximum Gasteiger partial charge on any atom is 0.267 e. The van der Waals surface area contributed by atoms with E-state index in [9.17, 15) is 19.8 Å². The van der Waals surface area contributed by atoms with Gasteiger partial charge in [-0.3, -0.25) is 9.59 Å². The number of amidine groups is 1. The van der Waals surface area contributed by atoms with Gasteiger partial charge in [-0.1, -0.05) is 42.5 Å². The van der Waals surface area contributed by atoms with Crippen LogP contribution in [-0.4, -0.2) is 71.0 Å². The number of imidazole rings is 1. The van der Waals surface area contributed by atoms with Crippen LogP contribution in [0.5, 0.6) is 17.2 Å². The molecule has 0 spiro atoms. The summed E-state index contributed by atoms with van der Waals surface area (Å²) in [4.78, 5) is 46.8. The van der Waals surface area contributed by atoms with Crippen LogP contribution in [0, 0.1) is 23.2 Å².